The van der Waals surface area contributed by atoms with Gasteiger partial charge < -0.3 is 19.7 Å². The maximum absolute atomic E-state index is 14.6. The maximum Gasteiger partial charge on any atom is 0.348 e. The third kappa shape index (κ3) is 4.57. The minimum Gasteiger partial charge on any atom is -0.462 e. The van der Waals surface area contributed by atoms with Crippen LogP contribution < -0.4 is 5.32 Å². The van der Waals surface area contributed by atoms with Crippen LogP contribution in [0, 0.1) is 5.82 Å². The topological polar surface area (TPSA) is 67.9 Å². The molecule has 4 rings (SSSR count). The van der Waals surface area contributed by atoms with Crippen molar-refractivity contribution in [3.05, 3.63) is 63.2 Å². The number of ether oxygens (including phenoxy) is 2. The molecule has 1 aromatic heterocycles. The van der Waals surface area contributed by atoms with Crippen LogP contribution in [0.2, 0.25) is 5.02 Å². The summed E-state index contributed by atoms with van der Waals surface area (Å²) in [5, 5.41) is 3.91. The Labute approximate surface area is 193 Å². The molecule has 0 unspecified atom stereocenters. The molecule has 1 fully saturated rings. The van der Waals surface area contributed by atoms with Crippen LogP contribution in [-0.2, 0) is 16.0 Å². The maximum atomic E-state index is 14.6. The largest absolute Gasteiger partial charge is 0.462 e. The van der Waals surface area contributed by atoms with Crippen molar-refractivity contribution in [3.63, 3.8) is 0 Å². The highest BCUT2D eigenvalue weighted by Gasteiger charge is 2.23. The first kappa shape index (κ1) is 22.5. The number of carbonyl (C=O) groups excluding carboxylic acids is 2. The second-order valence-corrected chi connectivity index (χ2v) is 8.66. The third-order valence-electron chi connectivity index (χ3n) is 5.19. The summed E-state index contributed by atoms with van der Waals surface area (Å²) in [7, 11) is 0. The predicted octanol–water partition coefficient (Wildman–Crippen LogP) is 4.96. The molecule has 0 radical (unpaired) electrons. The molecule has 1 aliphatic heterocycles. The van der Waals surface area contributed by atoms with Gasteiger partial charge in [-0.15, -0.1) is 11.3 Å². The summed E-state index contributed by atoms with van der Waals surface area (Å²) in [6.45, 7) is 4.24. The number of thiophene rings is 1. The first-order valence-electron chi connectivity index (χ1n) is 10.3. The lowest BCUT2D eigenvalue weighted by atomic mass is 10.1. The number of morpholine rings is 1. The predicted molar refractivity (Wildman–Crippen MR) is 123 cm³/mol. The van der Waals surface area contributed by atoms with Gasteiger partial charge in [-0.3, -0.25) is 4.79 Å². The standard InChI is InChI=1S/C23H22ClFN2O4S/c1-2-31-23(29)21-16(20-18(25)4-3-5-19(20)32-21)13-26-14-6-7-15(17(24)12-14)22(28)27-8-10-30-11-9-27/h3-7,12,26H,2,8-11,13H2,1H3. The van der Waals surface area contributed by atoms with E-state index in [0.717, 1.165) is 0 Å². The summed E-state index contributed by atoms with van der Waals surface area (Å²) in [5.41, 5.74) is 1.60. The number of hydrogen-bond donors (Lipinski definition) is 1. The summed E-state index contributed by atoms with van der Waals surface area (Å²) >= 11 is 7.60. The molecule has 9 heteroatoms. The Kier molecular flexibility index (Phi) is 6.93. The molecule has 1 saturated heterocycles. The average Bonchev–Trinajstić information content (AvgIpc) is 3.18. The summed E-state index contributed by atoms with van der Waals surface area (Å²) in [5.74, 6) is -1.01. The summed E-state index contributed by atoms with van der Waals surface area (Å²) in [6, 6.07) is 9.83. The van der Waals surface area contributed by atoms with Crippen LogP contribution in [0.3, 0.4) is 0 Å². The van der Waals surface area contributed by atoms with Gasteiger partial charge in [0.25, 0.3) is 5.91 Å². The lowest BCUT2D eigenvalue weighted by Crippen LogP contribution is -2.40. The molecule has 32 heavy (non-hydrogen) atoms. The monoisotopic (exact) mass is 476 g/mol. The second-order valence-electron chi connectivity index (χ2n) is 7.20. The fourth-order valence-electron chi connectivity index (χ4n) is 3.62. The number of rotatable bonds is 6. The molecular formula is C23H22ClFN2O4S. The van der Waals surface area contributed by atoms with Crippen molar-refractivity contribution in [2.45, 2.75) is 13.5 Å². The SMILES string of the molecule is CCOC(=O)c1sc2cccc(F)c2c1CNc1ccc(C(=O)N2CCOCC2)c(Cl)c1. The highest BCUT2D eigenvalue weighted by Crippen LogP contribution is 2.34. The van der Waals surface area contributed by atoms with Crippen LogP contribution >= 0.6 is 22.9 Å². The normalized spacial score (nSPS) is 13.9. The van der Waals surface area contributed by atoms with E-state index in [9.17, 15) is 14.0 Å². The van der Waals surface area contributed by atoms with E-state index in [1.54, 1.807) is 42.2 Å². The van der Waals surface area contributed by atoms with Crippen LogP contribution in [-0.4, -0.2) is 49.7 Å². The Hall–Kier alpha value is -2.68. The van der Waals surface area contributed by atoms with E-state index >= 15 is 0 Å². The van der Waals surface area contributed by atoms with Gasteiger partial charge in [-0.2, -0.15) is 0 Å². The number of esters is 1. The van der Waals surface area contributed by atoms with Gasteiger partial charge in [-0.25, -0.2) is 9.18 Å². The van der Waals surface area contributed by atoms with Gasteiger partial charge in [0.1, 0.15) is 10.7 Å². The zero-order valence-corrected chi connectivity index (χ0v) is 19.0. The van der Waals surface area contributed by atoms with Gasteiger partial charge in [0.15, 0.2) is 0 Å². The van der Waals surface area contributed by atoms with Gasteiger partial charge >= 0.3 is 5.97 Å². The van der Waals surface area contributed by atoms with Crippen molar-refractivity contribution in [3.8, 4) is 0 Å². The molecule has 0 atom stereocenters. The van der Waals surface area contributed by atoms with Crippen molar-refractivity contribution in [1.82, 2.24) is 4.90 Å². The third-order valence-corrected chi connectivity index (χ3v) is 6.68. The van der Waals surface area contributed by atoms with E-state index in [1.165, 1.54) is 17.4 Å². The molecule has 1 N–H and O–H groups in total. The van der Waals surface area contributed by atoms with Gasteiger partial charge in [-0.05, 0) is 37.3 Å². The summed E-state index contributed by atoms with van der Waals surface area (Å²) in [4.78, 5) is 27.2. The van der Waals surface area contributed by atoms with Crippen molar-refractivity contribution >= 4 is 50.6 Å². The molecule has 1 aliphatic rings. The zero-order chi connectivity index (χ0) is 22.7. The summed E-state index contributed by atoms with van der Waals surface area (Å²) in [6.07, 6.45) is 0. The van der Waals surface area contributed by atoms with E-state index in [0.29, 0.717) is 63.1 Å². The van der Waals surface area contributed by atoms with Crippen molar-refractivity contribution in [1.29, 1.82) is 0 Å². The highest BCUT2D eigenvalue weighted by atomic mass is 35.5. The zero-order valence-electron chi connectivity index (χ0n) is 17.5. The Morgan fingerprint density at radius 2 is 2.03 bits per heavy atom. The first-order chi connectivity index (χ1) is 15.5. The van der Waals surface area contributed by atoms with Gasteiger partial charge in [0.2, 0.25) is 0 Å². The Morgan fingerprint density at radius 1 is 1.25 bits per heavy atom. The molecule has 1 amide bonds. The highest BCUT2D eigenvalue weighted by molar-refractivity contribution is 7.21. The number of nitrogens with zero attached hydrogens (tertiary/aromatic N) is 1. The molecule has 0 saturated carbocycles. The fourth-order valence-corrected chi connectivity index (χ4v) is 5.01. The number of anilines is 1. The lowest BCUT2D eigenvalue weighted by molar-refractivity contribution is 0.0303. The minimum absolute atomic E-state index is 0.139. The summed E-state index contributed by atoms with van der Waals surface area (Å²) < 4.78 is 25.7. The molecule has 3 aromatic rings. The second kappa shape index (κ2) is 9.85. The van der Waals surface area contributed by atoms with Gasteiger partial charge in [-0.1, -0.05) is 17.7 Å². The lowest BCUT2D eigenvalue weighted by Gasteiger charge is -2.27. The van der Waals surface area contributed by atoms with Crippen molar-refractivity contribution in [2.24, 2.45) is 0 Å². The number of fused-ring (bicyclic) bond motifs is 1. The van der Waals surface area contributed by atoms with Gasteiger partial charge in [0, 0.05) is 41.0 Å². The van der Waals surface area contributed by atoms with E-state index in [-0.39, 0.29) is 19.1 Å². The average molecular weight is 477 g/mol. The molecule has 0 aliphatic carbocycles. The molecule has 0 spiro atoms. The van der Waals surface area contributed by atoms with Crippen LogP contribution in [0.15, 0.2) is 36.4 Å². The fraction of sp³-hybridized carbons (Fsp3) is 0.304. The van der Waals surface area contributed by atoms with Crippen LogP contribution in [0.1, 0.15) is 32.5 Å². The molecule has 168 valence electrons. The van der Waals surface area contributed by atoms with Crippen molar-refractivity contribution in [2.75, 3.05) is 38.2 Å². The van der Waals surface area contributed by atoms with Crippen LogP contribution in [0.5, 0.6) is 0 Å². The Balaban J connectivity index is 1.57. The number of amides is 1. The Morgan fingerprint density at radius 3 is 2.75 bits per heavy atom. The molecule has 0 bridgehead atoms. The number of benzene rings is 2. The van der Waals surface area contributed by atoms with E-state index in [1.807, 2.05) is 0 Å². The van der Waals surface area contributed by atoms with Crippen LogP contribution in [0.4, 0.5) is 10.1 Å². The quantitative estimate of drug-likeness (QED) is 0.509. The molecule has 2 aromatic carbocycles. The van der Waals surface area contributed by atoms with Crippen molar-refractivity contribution < 1.29 is 23.5 Å². The van der Waals surface area contributed by atoms with Gasteiger partial charge in [0.05, 0.1) is 30.4 Å². The molecular weight excluding hydrogens is 455 g/mol. The Bertz CT molecular complexity index is 1160. The molecule has 2 heterocycles. The minimum atomic E-state index is -0.477. The smallest absolute Gasteiger partial charge is 0.348 e. The number of nitrogens with one attached hydrogen (secondary N) is 1. The number of carbonyl (C=O) groups is 2. The number of halogens is 2. The number of hydrogen-bond acceptors (Lipinski definition) is 6. The van der Waals surface area contributed by atoms with E-state index in [2.05, 4.69) is 5.32 Å². The van der Waals surface area contributed by atoms with E-state index in [4.69, 9.17) is 21.1 Å². The first-order valence-corrected chi connectivity index (χ1v) is 11.5. The van der Waals surface area contributed by atoms with E-state index < -0.39 is 11.8 Å². The molecule has 6 nitrogen and oxygen atoms in total. The van der Waals surface area contributed by atoms with Crippen LogP contribution in [0.25, 0.3) is 10.1 Å².